The Kier molecular flexibility index (Phi) is 8.96. The van der Waals surface area contributed by atoms with E-state index < -0.39 is 10.0 Å². The summed E-state index contributed by atoms with van der Waals surface area (Å²) < 4.78 is 27.1. The summed E-state index contributed by atoms with van der Waals surface area (Å²) in [7, 11) is -3.64. The van der Waals surface area contributed by atoms with Crippen LogP contribution in [0.5, 0.6) is 0 Å². The molecule has 0 saturated carbocycles. The zero-order valence-electron chi connectivity index (χ0n) is 16.7. The summed E-state index contributed by atoms with van der Waals surface area (Å²) >= 11 is 19.6. The number of nitrogens with zero attached hydrogens (tertiary/aromatic N) is 1. The van der Waals surface area contributed by atoms with Crippen LogP contribution in [0.1, 0.15) is 18.4 Å². The van der Waals surface area contributed by atoms with Gasteiger partial charge in [-0.1, -0.05) is 40.9 Å². The second-order valence-corrected chi connectivity index (χ2v) is 11.6. The first-order chi connectivity index (χ1) is 14.8. The van der Waals surface area contributed by atoms with Crippen molar-refractivity contribution < 1.29 is 13.2 Å². The average molecular weight is 522 g/mol. The molecule has 10 heteroatoms. The number of sulfonamides is 1. The van der Waals surface area contributed by atoms with Gasteiger partial charge in [-0.15, -0.1) is 0 Å². The molecule has 1 aliphatic rings. The Balaban J connectivity index is 1.46. The van der Waals surface area contributed by atoms with E-state index in [1.54, 1.807) is 36.0 Å². The van der Waals surface area contributed by atoms with Crippen molar-refractivity contribution in [3.05, 3.63) is 63.1 Å². The van der Waals surface area contributed by atoms with E-state index in [9.17, 15) is 13.2 Å². The monoisotopic (exact) mass is 520 g/mol. The van der Waals surface area contributed by atoms with E-state index in [4.69, 9.17) is 34.8 Å². The largest absolute Gasteiger partial charge is 0.355 e. The third kappa shape index (κ3) is 6.76. The van der Waals surface area contributed by atoms with Crippen molar-refractivity contribution in [2.24, 2.45) is 5.92 Å². The van der Waals surface area contributed by atoms with E-state index in [0.717, 1.165) is 17.1 Å². The van der Waals surface area contributed by atoms with E-state index in [-0.39, 0.29) is 23.3 Å². The highest BCUT2D eigenvalue weighted by molar-refractivity contribution is 7.98. The van der Waals surface area contributed by atoms with Crippen LogP contribution in [0.25, 0.3) is 0 Å². The smallest absolute Gasteiger partial charge is 0.243 e. The standard InChI is InChI=1S/C21H23Cl3N2O3S2/c22-17-5-7-19(8-6-17)31(28,29)26-10-1-2-15(13-26)21(27)25-9-11-30-14-16-3-4-18(23)12-20(16)24/h3-8,12,15H,1-2,9-11,13-14H2,(H,25,27)/t15-/m1/s1. The van der Waals surface area contributed by atoms with Gasteiger partial charge >= 0.3 is 0 Å². The summed E-state index contributed by atoms with van der Waals surface area (Å²) in [6.45, 7) is 1.10. The number of carbonyl (C=O) groups is 1. The highest BCUT2D eigenvalue weighted by Gasteiger charge is 2.33. The molecular formula is C21H23Cl3N2O3S2. The van der Waals surface area contributed by atoms with Gasteiger partial charge in [0.05, 0.1) is 10.8 Å². The number of carbonyl (C=O) groups excluding carboxylic acids is 1. The molecule has 0 bridgehead atoms. The van der Waals surface area contributed by atoms with Gasteiger partial charge in [-0.3, -0.25) is 4.79 Å². The minimum absolute atomic E-state index is 0.110. The maximum absolute atomic E-state index is 12.9. The molecule has 1 atom stereocenters. The van der Waals surface area contributed by atoms with E-state index in [2.05, 4.69) is 5.32 Å². The molecule has 0 aliphatic carbocycles. The number of hydrogen-bond donors (Lipinski definition) is 1. The average Bonchev–Trinajstić information content (AvgIpc) is 2.75. The van der Waals surface area contributed by atoms with Crippen molar-refractivity contribution in [2.75, 3.05) is 25.4 Å². The third-order valence-electron chi connectivity index (χ3n) is 5.02. The van der Waals surface area contributed by atoms with Crippen LogP contribution >= 0.6 is 46.6 Å². The van der Waals surface area contributed by atoms with Crippen LogP contribution in [-0.4, -0.2) is 44.0 Å². The summed E-state index contributed by atoms with van der Waals surface area (Å²) in [5.41, 5.74) is 0.998. The molecule has 0 aromatic heterocycles. The molecule has 1 saturated heterocycles. The fourth-order valence-electron chi connectivity index (χ4n) is 3.34. The molecule has 0 unspecified atom stereocenters. The number of amides is 1. The van der Waals surface area contributed by atoms with Gasteiger partial charge in [-0.2, -0.15) is 16.1 Å². The summed E-state index contributed by atoms with van der Waals surface area (Å²) in [6.07, 6.45) is 1.32. The van der Waals surface area contributed by atoms with Gasteiger partial charge in [0, 0.05) is 46.2 Å². The summed E-state index contributed by atoms with van der Waals surface area (Å²) in [5, 5.41) is 4.64. The van der Waals surface area contributed by atoms with Crippen LogP contribution in [0.2, 0.25) is 15.1 Å². The van der Waals surface area contributed by atoms with Gasteiger partial charge in [0.25, 0.3) is 0 Å². The molecule has 5 nitrogen and oxygen atoms in total. The number of piperidine rings is 1. The zero-order chi connectivity index (χ0) is 22.4. The van der Waals surface area contributed by atoms with Crippen molar-refractivity contribution in [3.63, 3.8) is 0 Å². The Morgan fingerprint density at radius 2 is 1.81 bits per heavy atom. The summed E-state index contributed by atoms with van der Waals surface area (Å²) in [4.78, 5) is 12.8. The zero-order valence-corrected chi connectivity index (χ0v) is 20.6. The fraction of sp³-hybridized carbons (Fsp3) is 0.381. The predicted octanol–water partition coefficient (Wildman–Crippen LogP) is 5.10. The lowest BCUT2D eigenvalue weighted by Gasteiger charge is -2.31. The number of hydrogen-bond acceptors (Lipinski definition) is 4. The molecule has 1 heterocycles. The maximum atomic E-state index is 12.9. The second kappa shape index (κ2) is 11.3. The van der Waals surface area contributed by atoms with Crippen LogP contribution in [0.15, 0.2) is 47.4 Å². The van der Waals surface area contributed by atoms with Gasteiger partial charge in [-0.05, 0) is 54.8 Å². The lowest BCUT2D eigenvalue weighted by molar-refractivity contribution is -0.125. The van der Waals surface area contributed by atoms with Crippen molar-refractivity contribution in [2.45, 2.75) is 23.5 Å². The van der Waals surface area contributed by atoms with Gasteiger partial charge in [0.2, 0.25) is 15.9 Å². The molecule has 1 fully saturated rings. The first kappa shape index (κ1) is 24.7. The third-order valence-corrected chi connectivity index (χ3v) is 8.75. The number of thioether (sulfide) groups is 1. The van der Waals surface area contributed by atoms with Gasteiger partial charge in [0.1, 0.15) is 0 Å². The topological polar surface area (TPSA) is 66.5 Å². The van der Waals surface area contributed by atoms with E-state index in [1.165, 1.54) is 16.4 Å². The van der Waals surface area contributed by atoms with Crippen LogP contribution in [-0.2, 0) is 20.6 Å². The molecule has 168 valence electrons. The fourth-order valence-corrected chi connectivity index (χ4v) is 6.41. The molecule has 2 aromatic rings. The number of halogens is 3. The Morgan fingerprint density at radius 3 is 2.52 bits per heavy atom. The van der Waals surface area contributed by atoms with E-state index in [1.807, 2.05) is 6.07 Å². The van der Waals surface area contributed by atoms with Crippen molar-refractivity contribution in [1.29, 1.82) is 0 Å². The van der Waals surface area contributed by atoms with Crippen LogP contribution < -0.4 is 5.32 Å². The first-order valence-electron chi connectivity index (χ1n) is 9.82. The van der Waals surface area contributed by atoms with Crippen molar-refractivity contribution >= 4 is 62.5 Å². The molecule has 1 amide bonds. The van der Waals surface area contributed by atoms with E-state index >= 15 is 0 Å². The Bertz CT molecular complexity index is 1020. The highest BCUT2D eigenvalue weighted by Crippen LogP contribution is 2.26. The lowest BCUT2D eigenvalue weighted by Crippen LogP contribution is -2.45. The maximum Gasteiger partial charge on any atom is 0.243 e. The normalized spacial score (nSPS) is 17.5. The number of nitrogens with one attached hydrogen (secondary N) is 1. The molecule has 0 radical (unpaired) electrons. The van der Waals surface area contributed by atoms with E-state index in [0.29, 0.717) is 41.0 Å². The SMILES string of the molecule is O=C(NCCSCc1ccc(Cl)cc1Cl)[C@@H]1CCCN(S(=O)(=O)c2ccc(Cl)cc2)C1. The first-order valence-corrected chi connectivity index (χ1v) is 13.6. The van der Waals surface area contributed by atoms with Crippen molar-refractivity contribution in [1.82, 2.24) is 9.62 Å². The molecule has 31 heavy (non-hydrogen) atoms. The Labute approximate surface area is 202 Å². The molecule has 1 aliphatic heterocycles. The number of benzene rings is 2. The van der Waals surface area contributed by atoms with Gasteiger partial charge < -0.3 is 5.32 Å². The Morgan fingerprint density at radius 1 is 1.10 bits per heavy atom. The second-order valence-electron chi connectivity index (χ2n) is 7.24. The molecular weight excluding hydrogens is 499 g/mol. The van der Waals surface area contributed by atoms with Gasteiger partial charge in [-0.25, -0.2) is 8.42 Å². The number of rotatable bonds is 8. The molecule has 2 aromatic carbocycles. The van der Waals surface area contributed by atoms with Gasteiger partial charge in [0.15, 0.2) is 0 Å². The van der Waals surface area contributed by atoms with Crippen LogP contribution in [0, 0.1) is 5.92 Å². The Hall–Kier alpha value is -0.960. The van der Waals surface area contributed by atoms with Crippen molar-refractivity contribution in [3.8, 4) is 0 Å². The minimum Gasteiger partial charge on any atom is -0.355 e. The van der Waals surface area contributed by atoms with Crippen LogP contribution in [0.3, 0.4) is 0 Å². The molecule has 3 rings (SSSR count). The van der Waals surface area contributed by atoms with Crippen LogP contribution in [0.4, 0.5) is 0 Å². The highest BCUT2D eigenvalue weighted by atomic mass is 35.5. The minimum atomic E-state index is -3.64. The lowest BCUT2D eigenvalue weighted by atomic mass is 9.99. The molecule has 1 N–H and O–H groups in total. The quantitative estimate of drug-likeness (QED) is 0.491. The molecule has 0 spiro atoms. The summed E-state index contributed by atoms with van der Waals surface area (Å²) in [5.74, 6) is 0.986. The summed E-state index contributed by atoms with van der Waals surface area (Å²) in [6, 6.07) is 11.5. The predicted molar refractivity (Wildman–Crippen MR) is 129 cm³/mol.